The fourth-order valence-electron chi connectivity index (χ4n) is 2.00. The van der Waals surface area contributed by atoms with E-state index in [0.29, 0.717) is 0 Å². The van der Waals surface area contributed by atoms with E-state index in [1.165, 1.54) is 19.2 Å². The highest BCUT2D eigenvalue weighted by Gasteiger charge is 2.30. The number of benzene rings is 1. The molecule has 1 aromatic rings. The first-order chi connectivity index (χ1) is 11.1. The van der Waals surface area contributed by atoms with Crippen LogP contribution in [0.25, 0.3) is 0 Å². The lowest BCUT2D eigenvalue weighted by atomic mass is 10.1. The average molecular weight is 343 g/mol. The molecule has 1 rings (SSSR count). The Bertz CT molecular complexity index is 620. The van der Waals surface area contributed by atoms with Crippen molar-refractivity contribution in [3.8, 4) is 0 Å². The molecule has 0 aliphatic heterocycles. The summed E-state index contributed by atoms with van der Waals surface area (Å²) in [7, 11) is 1.21. The molecule has 132 valence electrons. The molecule has 0 fully saturated rings. The van der Waals surface area contributed by atoms with Crippen molar-refractivity contribution in [2.24, 2.45) is 0 Å². The van der Waals surface area contributed by atoms with Crippen LogP contribution in [0, 0.1) is 0 Å². The summed E-state index contributed by atoms with van der Waals surface area (Å²) < 4.78 is 42.7. The number of methoxy groups -OCH3 is 1. The molecule has 0 spiro atoms. The standard InChI is InChI=1S/C17H20F3NO3/c1-11(2)7-8-14(16(23)24-3)21-15(22)10-12-5-4-6-13(9-12)17(18,19)20/h4-7,9,14H,8,10H2,1-3H3,(H,21,22)/t14-/m0/s1. The number of carbonyl (C=O) groups is 2. The van der Waals surface area contributed by atoms with Gasteiger partial charge in [0.05, 0.1) is 19.1 Å². The van der Waals surface area contributed by atoms with Gasteiger partial charge in [0.2, 0.25) is 5.91 Å². The van der Waals surface area contributed by atoms with Crippen LogP contribution in [0.2, 0.25) is 0 Å². The topological polar surface area (TPSA) is 55.4 Å². The van der Waals surface area contributed by atoms with Crippen molar-refractivity contribution in [2.45, 2.75) is 38.9 Å². The predicted molar refractivity (Wildman–Crippen MR) is 83.1 cm³/mol. The summed E-state index contributed by atoms with van der Waals surface area (Å²) in [4.78, 5) is 23.7. The molecule has 1 aromatic carbocycles. The molecule has 0 aromatic heterocycles. The Balaban J connectivity index is 2.79. The number of amides is 1. The van der Waals surface area contributed by atoms with Crippen LogP contribution in [0.15, 0.2) is 35.9 Å². The van der Waals surface area contributed by atoms with Crippen LogP contribution in [0.5, 0.6) is 0 Å². The van der Waals surface area contributed by atoms with Crippen LogP contribution < -0.4 is 5.32 Å². The molecule has 0 heterocycles. The van der Waals surface area contributed by atoms with Gasteiger partial charge >= 0.3 is 12.1 Å². The Morgan fingerprint density at radius 3 is 2.50 bits per heavy atom. The molecule has 0 aliphatic rings. The molecule has 1 amide bonds. The number of hydrogen-bond acceptors (Lipinski definition) is 3. The number of carbonyl (C=O) groups excluding carboxylic acids is 2. The first-order valence-electron chi connectivity index (χ1n) is 7.30. The second-order valence-electron chi connectivity index (χ2n) is 5.54. The van der Waals surface area contributed by atoms with Crippen LogP contribution >= 0.6 is 0 Å². The molecule has 4 nitrogen and oxygen atoms in total. The molecule has 1 N–H and O–H groups in total. The second kappa shape index (κ2) is 8.52. The fourth-order valence-corrected chi connectivity index (χ4v) is 2.00. The van der Waals surface area contributed by atoms with Crippen LogP contribution in [0.1, 0.15) is 31.4 Å². The summed E-state index contributed by atoms with van der Waals surface area (Å²) in [5, 5.41) is 2.49. The van der Waals surface area contributed by atoms with Crippen LogP contribution in [-0.2, 0) is 26.9 Å². The molecule has 0 bridgehead atoms. The third-order valence-electron chi connectivity index (χ3n) is 3.20. The largest absolute Gasteiger partial charge is 0.467 e. The molecule has 0 saturated heterocycles. The van der Waals surface area contributed by atoms with E-state index >= 15 is 0 Å². The molecule has 0 radical (unpaired) electrons. The Morgan fingerprint density at radius 1 is 1.29 bits per heavy atom. The van der Waals surface area contributed by atoms with Crippen molar-refractivity contribution in [2.75, 3.05) is 7.11 Å². The number of hydrogen-bond donors (Lipinski definition) is 1. The quantitative estimate of drug-likeness (QED) is 0.637. The normalized spacial score (nSPS) is 12.2. The van der Waals surface area contributed by atoms with E-state index in [2.05, 4.69) is 10.1 Å². The SMILES string of the molecule is COC(=O)[C@H](CC=C(C)C)NC(=O)Cc1cccc(C(F)(F)F)c1. The highest BCUT2D eigenvalue weighted by Crippen LogP contribution is 2.29. The molecule has 0 unspecified atom stereocenters. The Labute approximate surface area is 138 Å². The monoisotopic (exact) mass is 343 g/mol. The number of alkyl halides is 3. The van der Waals surface area contributed by atoms with E-state index in [0.717, 1.165) is 17.7 Å². The van der Waals surface area contributed by atoms with Gasteiger partial charge in [-0.05, 0) is 31.9 Å². The number of esters is 1. The van der Waals surface area contributed by atoms with E-state index in [4.69, 9.17) is 0 Å². The van der Waals surface area contributed by atoms with Gasteiger partial charge in [-0.3, -0.25) is 4.79 Å². The summed E-state index contributed by atoms with van der Waals surface area (Å²) in [6.07, 6.45) is -2.70. The average Bonchev–Trinajstić information content (AvgIpc) is 2.49. The van der Waals surface area contributed by atoms with Gasteiger partial charge in [0.1, 0.15) is 6.04 Å². The van der Waals surface area contributed by atoms with Crippen molar-refractivity contribution in [3.05, 3.63) is 47.0 Å². The third kappa shape index (κ3) is 6.44. The third-order valence-corrected chi connectivity index (χ3v) is 3.20. The highest BCUT2D eigenvalue weighted by molar-refractivity contribution is 5.85. The predicted octanol–water partition coefficient (Wildman–Crippen LogP) is 3.26. The van der Waals surface area contributed by atoms with Gasteiger partial charge in [0.25, 0.3) is 0 Å². The summed E-state index contributed by atoms with van der Waals surface area (Å²) in [6, 6.07) is 3.66. The maximum absolute atomic E-state index is 12.7. The number of allylic oxidation sites excluding steroid dienone is 1. The van der Waals surface area contributed by atoms with Gasteiger partial charge in [-0.15, -0.1) is 0 Å². The molecule has 7 heteroatoms. The van der Waals surface area contributed by atoms with Crippen LogP contribution in [-0.4, -0.2) is 25.0 Å². The first kappa shape index (κ1) is 19.7. The minimum absolute atomic E-state index is 0.216. The second-order valence-corrected chi connectivity index (χ2v) is 5.54. The summed E-state index contributed by atoms with van der Waals surface area (Å²) in [6.45, 7) is 3.69. The van der Waals surface area contributed by atoms with Gasteiger partial charge in [0.15, 0.2) is 0 Å². The van der Waals surface area contributed by atoms with E-state index in [9.17, 15) is 22.8 Å². The Hall–Kier alpha value is -2.31. The Morgan fingerprint density at radius 2 is 1.96 bits per heavy atom. The van der Waals surface area contributed by atoms with Crippen molar-refractivity contribution in [1.82, 2.24) is 5.32 Å². The molecular weight excluding hydrogens is 323 g/mol. The zero-order valence-electron chi connectivity index (χ0n) is 13.7. The van der Waals surface area contributed by atoms with E-state index in [1.54, 1.807) is 6.08 Å². The molecule has 0 aliphatic carbocycles. The van der Waals surface area contributed by atoms with E-state index < -0.39 is 29.7 Å². The number of ether oxygens (including phenoxy) is 1. The zero-order chi connectivity index (χ0) is 18.3. The van der Waals surface area contributed by atoms with Crippen molar-refractivity contribution in [1.29, 1.82) is 0 Å². The first-order valence-corrected chi connectivity index (χ1v) is 7.30. The maximum Gasteiger partial charge on any atom is 0.416 e. The van der Waals surface area contributed by atoms with Gasteiger partial charge < -0.3 is 10.1 Å². The van der Waals surface area contributed by atoms with Gasteiger partial charge in [-0.1, -0.05) is 29.8 Å². The van der Waals surface area contributed by atoms with Crippen molar-refractivity contribution in [3.63, 3.8) is 0 Å². The smallest absolute Gasteiger partial charge is 0.416 e. The molecule has 0 saturated carbocycles. The highest BCUT2D eigenvalue weighted by atomic mass is 19.4. The minimum Gasteiger partial charge on any atom is -0.467 e. The van der Waals surface area contributed by atoms with Gasteiger partial charge in [-0.2, -0.15) is 13.2 Å². The summed E-state index contributed by atoms with van der Waals surface area (Å²) in [5.74, 6) is -1.16. The molecular formula is C17H20F3NO3. The van der Waals surface area contributed by atoms with Crippen molar-refractivity contribution >= 4 is 11.9 Å². The lowest BCUT2D eigenvalue weighted by Crippen LogP contribution is -2.42. The van der Waals surface area contributed by atoms with Crippen LogP contribution in [0.4, 0.5) is 13.2 Å². The molecule has 1 atom stereocenters. The maximum atomic E-state index is 12.7. The molecule has 24 heavy (non-hydrogen) atoms. The number of rotatable bonds is 6. The fraction of sp³-hybridized carbons (Fsp3) is 0.412. The summed E-state index contributed by atoms with van der Waals surface area (Å²) in [5.41, 5.74) is 0.367. The van der Waals surface area contributed by atoms with E-state index in [1.807, 2.05) is 13.8 Å². The zero-order valence-corrected chi connectivity index (χ0v) is 13.7. The minimum atomic E-state index is -4.47. The van der Waals surface area contributed by atoms with Gasteiger partial charge in [0, 0.05) is 0 Å². The Kier molecular flexibility index (Phi) is 7.00. The lowest BCUT2D eigenvalue weighted by molar-refractivity contribution is -0.144. The summed E-state index contributed by atoms with van der Waals surface area (Å²) >= 11 is 0. The van der Waals surface area contributed by atoms with Crippen molar-refractivity contribution < 1.29 is 27.5 Å². The number of nitrogens with one attached hydrogen (secondary N) is 1. The van der Waals surface area contributed by atoms with E-state index in [-0.39, 0.29) is 18.4 Å². The number of halogens is 3. The van der Waals surface area contributed by atoms with Crippen LogP contribution in [0.3, 0.4) is 0 Å². The van der Waals surface area contributed by atoms with Gasteiger partial charge in [-0.25, -0.2) is 4.79 Å². The lowest BCUT2D eigenvalue weighted by Gasteiger charge is -2.15.